The summed E-state index contributed by atoms with van der Waals surface area (Å²) in [5.41, 5.74) is 14.6. The number of carboxylic acids is 1. The minimum Gasteiger partial charge on any atom is -0.480 e. The van der Waals surface area contributed by atoms with Crippen LogP contribution in [0.5, 0.6) is 0 Å². The van der Waals surface area contributed by atoms with Crippen molar-refractivity contribution in [2.24, 2.45) is 29.2 Å². The molecule has 0 radical (unpaired) electrons. The third kappa shape index (κ3) is 14.3. The maximum absolute atomic E-state index is 14.0. The molecule has 0 bridgehead atoms. The molecule has 6 atom stereocenters. The lowest BCUT2D eigenvalue weighted by Gasteiger charge is -2.30. The molecule has 15 heteroatoms. The Morgan fingerprint density at radius 1 is 0.649 bits per heavy atom. The zero-order chi connectivity index (χ0) is 42.2. The van der Waals surface area contributed by atoms with Gasteiger partial charge in [-0.2, -0.15) is 0 Å². The zero-order valence-corrected chi connectivity index (χ0v) is 34.0. The Morgan fingerprint density at radius 3 is 1.79 bits per heavy atom. The first-order valence-electron chi connectivity index (χ1n) is 19.8. The summed E-state index contributed by atoms with van der Waals surface area (Å²) in [7, 11) is 0. The molecule has 0 unspecified atom stereocenters. The maximum Gasteiger partial charge on any atom is 0.326 e. The van der Waals surface area contributed by atoms with Crippen molar-refractivity contribution in [1.82, 2.24) is 31.6 Å². The lowest BCUT2D eigenvalue weighted by Crippen LogP contribution is -2.61. The number of hydrogen-bond donors (Lipinski definition) is 9. The summed E-state index contributed by atoms with van der Waals surface area (Å²) < 4.78 is 0. The fourth-order valence-corrected chi connectivity index (χ4v) is 6.52. The summed E-state index contributed by atoms with van der Waals surface area (Å²) >= 11 is 0. The summed E-state index contributed by atoms with van der Waals surface area (Å²) in [4.78, 5) is 83.6. The number of aromatic amines is 1. The number of carbonyl (C=O) groups excluding carboxylic acids is 5. The van der Waals surface area contributed by atoms with Crippen molar-refractivity contribution in [1.29, 1.82) is 0 Å². The van der Waals surface area contributed by atoms with Crippen LogP contribution in [0.25, 0.3) is 10.9 Å². The number of hydrogen-bond acceptors (Lipinski definition) is 8. The van der Waals surface area contributed by atoms with E-state index in [1.165, 1.54) is 0 Å². The number of carbonyl (C=O) groups is 6. The molecule has 11 N–H and O–H groups in total. The smallest absolute Gasteiger partial charge is 0.326 e. The predicted octanol–water partition coefficient (Wildman–Crippen LogP) is 2.28. The van der Waals surface area contributed by atoms with Gasteiger partial charge < -0.3 is 48.1 Å². The van der Waals surface area contributed by atoms with E-state index < -0.39 is 83.6 Å². The molecule has 15 nitrogen and oxygen atoms in total. The second kappa shape index (κ2) is 22.5. The molecular weight excluding hydrogens is 729 g/mol. The first-order chi connectivity index (χ1) is 27.0. The normalized spacial score (nSPS) is 14.6. The molecule has 1 heterocycles. The third-order valence-electron chi connectivity index (χ3n) is 9.76. The summed E-state index contributed by atoms with van der Waals surface area (Å²) in [5.74, 6) is -5.16. The lowest BCUT2D eigenvalue weighted by atomic mass is 9.98. The molecule has 0 aliphatic rings. The standard InChI is InChI=1S/C42H62N8O7/c1-24(2)20-34(42(56)57)48-38(52)32(18-12-13-19-43)46-40(54)35(25(3)4)50-41(55)36(26(5)6)49-39(53)33(21-27-14-8-7-9-15-27)47-37(51)30(44)22-28-23-45-31-17-11-10-16-29(28)31/h7-11,14-17,23-26,30,32-36,45H,12-13,18-22,43-44H2,1-6H3,(H,46,54)(H,47,51)(H,48,52)(H,49,53)(H,50,55)(H,56,57)/t30-,32-,33-,34-,35-,36-/m1/s1. The van der Waals surface area contributed by atoms with Gasteiger partial charge in [-0.05, 0) is 73.6 Å². The molecule has 57 heavy (non-hydrogen) atoms. The maximum atomic E-state index is 14.0. The summed E-state index contributed by atoms with van der Waals surface area (Å²) in [5, 5.41) is 24.3. The highest BCUT2D eigenvalue weighted by atomic mass is 16.4. The number of H-pyrrole nitrogens is 1. The van der Waals surface area contributed by atoms with Crippen LogP contribution in [0.2, 0.25) is 0 Å². The van der Waals surface area contributed by atoms with Crippen molar-refractivity contribution < 1.29 is 33.9 Å². The number of aliphatic carboxylic acids is 1. The summed E-state index contributed by atoms with van der Waals surface area (Å²) in [6.45, 7) is 11.0. The second-order valence-electron chi connectivity index (χ2n) is 15.8. The van der Waals surface area contributed by atoms with E-state index in [1.807, 2.05) is 74.6 Å². The lowest BCUT2D eigenvalue weighted by molar-refractivity contribution is -0.143. The first-order valence-corrected chi connectivity index (χ1v) is 19.8. The van der Waals surface area contributed by atoms with Gasteiger partial charge in [0.1, 0.15) is 30.2 Å². The molecular formula is C42H62N8O7. The van der Waals surface area contributed by atoms with Crippen LogP contribution in [0, 0.1) is 17.8 Å². The van der Waals surface area contributed by atoms with E-state index in [0.29, 0.717) is 19.4 Å². The number of aromatic nitrogens is 1. The van der Waals surface area contributed by atoms with Crippen LogP contribution in [0.15, 0.2) is 60.8 Å². The fourth-order valence-electron chi connectivity index (χ4n) is 6.52. The quantitative estimate of drug-likeness (QED) is 0.0639. The Kier molecular flexibility index (Phi) is 18.2. The van der Waals surface area contributed by atoms with E-state index in [2.05, 4.69) is 31.6 Å². The second-order valence-corrected chi connectivity index (χ2v) is 15.8. The van der Waals surface area contributed by atoms with Crippen molar-refractivity contribution in [3.63, 3.8) is 0 Å². The van der Waals surface area contributed by atoms with Crippen molar-refractivity contribution in [3.8, 4) is 0 Å². The Bertz CT molecular complexity index is 1790. The molecule has 0 aliphatic heterocycles. The van der Waals surface area contributed by atoms with E-state index in [4.69, 9.17) is 11.5 Å². The van der Waals surface area contributed by atoms with Gasteiger partial charge in [-0.15, -0.1) is 0 Å². The van der Waals surface area contributed by atoms with Gasteiger partial charge in [0.25, 0.3) is 0 Å². The molecule has 1 aromatic heterocycles. The van der Waals surface area contributed by atoms with Gasteiger partial charge in [0.05, 0.1) is 6.04 Å². The molecule has 0 saturated carbocycles. The van der Waals surface area contributed by atoms with Crippen LogP contribution in [0.3, 0.4) is 0 Å². The SMILES string of the molecule is CC(C)C[C@@H](NC(=O)[C@@H](CCCCN)NC(=O)[C@H](NC(=O)[C@H](NC(=O)[C@@H](Cc1ccccc1)NC(=O)[C@H](N)Cc1c[nH]c2ccccc12)C(C)C)C(C)C)C(=O)O. The zero-order valence-electron chi connectivity index (χ0n) is 34.0. The average molecular weight is 791 g/mol. The first kappa shape index (κ1) is 46.1. The molecule has 0 saturated heterocycles. The number of carboxylic acid groups (broad SMARTS) is 1. The van der Waals surface area contributed by atoms with Crippen LogP contribution in [0.1, 0.15) is 78.4 Å². The number of unbranched alkanes of at least 4 members (excludes halogenated alkanes) is 1. The number of nitrogens with two attached hydrogens (primary N) is 2. The largest absolute Gasteiger partial charge is 0.480 e. The predicted molar refractivity (Wildman–Crippen MR) is 219 cm³/mol. The van der Waals surface area contributed by atoms with Gasteiger partial charge in [0.2, 0.25) is 29.5 Å². The van der Waals surface area contributed by atoms with E-state index in [9.17, 15) is 33.9 Å². The van der Waals surface area contributed by atoms with Gasteiger partial charge in [0.15, 0.2) is 0 Å². The number of fused-ring (bicyclic) bond motifs is 1. The highest BCUT2D eigenvalue weighted by Gasteiger charge is 2.35. The van der Waals surface area contributed by atoms with Gasteiger partial charge in [0, 0.05) is 23.5 Å². The number of benzene rings is 2. The fraction of sp³-hybridized carbons (Fsp3) is 0.524. The minimum absolute atomic E-state index is 0.00920. The van der Waals surface area contributed by atoms with Crippen molar-refractivity contribution >= 4 is 46.4 Å². The average Bonchev–Trinajstić information content (AvgIpc) is 3.57. The van der Waals surface area contributed by atoms with E-state index in [-0.39, 0.29) is 31.6 Å². The molecule has 3 aromatic rings. The molecule has 3 rings (SSSR count). The van der Waals surface area contributed by atoms with Crippen LogP contribution in [0.4, 0.5) is 0 Å². The Labute approximate surface area is 335 Å². The van der Waals surface area contributed by atoms with Crippen LogP contribution in [-0.2, 0) is 41.6 Å². The van der Waals surface area contributed by atoms with Crippen LogP contribution >= 0.6 is 0 Å². The van der Waals surface area contributed by atoms with Crippen LogP contribution in [-0.4, -0.2) is 88.4 Å². The summed E-state index contributed by atoms with van der Waals surface area (Å²) in [6, 6.07) is 10.3. The highest BCUT2D eigenvalue weighted by Crippen LogP contribution is 2.19. The van der Waals surface area contributed by atoms with E-state index in [1.54, 1.807) is 27.7 Å². The van der Waals surface area contributed by atoms with Gasteiger partial charge in [-0.1, -0.05) is 90.1 Å². The number of para-hydroxylation sites is 1. The Morgan fingerprint density at radius 2 is 1.19 bits per heavy atom. The third-order valence-corrected chi connectivity index (χ3v) is 9.76. The monoisotopic (exact) mass is 790 g/mol. The summed E-state index contributed by atoms with van der Waals surface area (Å²) in [6.07, 6.45) is 3.62. The molecule has 0 fully saturated rings. The number of rotatable bonds is 23. The number of nitrogens with one attached hydrogen (secondary N) is 6. The van der Waals surface area contributed by atoms with E-state index >= 15 is 0 Å². The Balaban J connectivity index is 1.77. The molecule has 2 aromatic carbocycles. The topological polar surface area (TPSA) is 251 Å². The highest BCUT2D eigenvalue weighted by molar-refractivity contribution is 5.96. The minimum atomic E-state index is -1.18. The Hall–Kier alpha value is -5.28. The molecule has 0 spiro atoms. The molecule has 0 aliphatic carbocycles. The van der Waals surface area contributed by atoms with Crippen LogP contribution < -0.4 is 38.1 Å². The van der Waals surface area contributed by atoms with Crippen molar-refractivity contribution in [2.45, 2.75) is 116 Å². The molecule has 5 amide bonds. The van der Waals surface area contributed by atoms with E-state index in [0.717, 1.165) is 22.0 Å². The van der Waals surface area contributed by atoms with Gasteiger partial charge in [-0.25, -0.2) is 4.79 Å². The van der Waals surface area contributed by atoms with Crippen molar-refractivity contribution in [2.75, 3.05) is 6.54 Å². The molecule has 312 valence electrons. The number of amides is 5. The van der Waals surface area contributed by atoms with Crippen molar-refractivity contribution in [3.05, 3.63) is 71.9 Å². The van der Waals surface area contributed by atoms with Gasteiger partial charge >= 0.3 is 5.97 Å². The van der Waals surface area contributed by atoms with Gasteiger partial charge in [-0.3, -0.25) is 24.0 Å².